The average Bonchev–Trinajstić information content (AvgIpc) is 3.34. The van der Waals surface area contributed by atoms with E-state index in [1.807, 2.05) is 66.7 Å². The molecule has 1 saturated heterocycles. The first-order valence-corrected chi connectivity index (χ1v) is 11.2. The molecule has 0 bridgehead atoms. The molecule has 1 aliphatic rings. The van der Waals surface area contributed by atoms with Gasteiger partial charge in [-0.25, -0.2) is 5.43 Å². The van der Waals surface area contributed by atoms with Gasteiger partial charge < -0.3 is 19.4 Å². The number of hydrogen-bond acceptors (Lipinski definition) is 9. The van der Waals surface area contributed by atoms with E-state index in [0.29, 0.717) is 60.7 Å². The Hall–Kier alpha value is -3.95. The molecule has 4 aromatic rings. The van der Waals surface area contributed by atoms with Crippen molar-refractivity contribution >= 4 is 41.3 Å². The third-order valence-electron chi connectivity index (χ3n) is 5.07. The molecule has 0 radical (unpaired) electrons. The number of para-hydroxylation sites is 1. The van der Waals surface area contributed by atoms with Crippen LogP contribution in [0.1, 0.15) is 5.76 Å². The number of benzene rings is 2. The number of anilines is 4. The molecular formula is C24H22ClN7O2. The van der Waals surface area contributed by atoms with Gasteiger partial charge in [0.25, 0.3) is 0 Å². The van der Waals surface area contributed by atoms with E-state index in [9.17, 15) is 0 Å². The van der Waals surface area contributed by atoms with E-state index >= 15 is 0 Å². The molecule has 34 heavy (non-hydrogen) atoms. The van der Waals surface area contributed by atoms with Crippen LogP contribution >= 0.6 is 11.6 Å². The summed E-state index contributed by atoms with van der Waals surface area (Å²) in [5.41, 5.74) is 4.58. The number of furan rings is 1. The van der Waals surface area contributed by atoms with Crippen molar-refractivity contribution in [3.05, 3.63) is 77.5 Å². The van der Waals surface area contributed by atoms with Gasteiger partial charge in [-0.05, 0) is 36.4 Å². The lowest BCUT2D eigenvalue weighted by Gasteiger charge is -2.27. The Morgan fingerprint density at radius 3 is 2.47 bits per heavy atom. The maximum absolute atomic E-state index is 6.26. The predicted octanol–water partition coefficient (Wildman–Crippen LogP) is 4.81. The summed E-state index contributed by atoms with van der Waals surface area (Å²) in [7, 11) is 0. The van der Waals surface area contributed by atoms with Gasteiger partial charge >= 0.3 is 0 Å². The molecule has 0 unspecified atom stereocenters. The topological polar surface area (TPSA) is 101 Å². The summed E-state index contributed by atoms with van der Waals surface area (Å²) in [5.74, 6) is 2.50. The van der Waals surface area contributed by atoms with Crippen LogP contribution < -0.4 is 15.6 Å². The van der Waals surface area contributed by atoms with Gasteiger partial charge in [0.05, 0.1) is 24.5 Å². The molecule has 2 N–H and O–H groups in total. The molecule has 1 fully saturated rings. The quantitative estimate of drug-likeness (QED) is 0.290. The number of halogens is 1. The minimum atomic E-state index is 0.309. The molecule has 2 aromatic carbocycles. The SMILES string of the molecule is Clc1ccccc1-c1ccc(C=NNc2nc(Nc3ccccc3)nc(N3CCOCC3)n2)o1. The van der Waals surface area contributed by atoms with Crippen LogP contribution in [0.15, 0.2) is 76.2 Å². The average molecular weight is 476 g/mol. The van der Waals surface area contributed by atoms with Crippen molar-refractivity contribution in [2.45, 2.75) is 0 Å². The Kier molecular flexibility index (Phi) is 6.64. The van der Waals surface area contributed by atoms with Crippen LogP contribution in [0, 0.1) is 0 Å². The number of rotatable bonds is 7. The summed E-state index contributed by atoms with van der Waals surface area (Å²) in [6.45, 7) is 2.66. The smallest absolute Gasteiger partial charge is 0.250 e. The Morgan fingerprint density at radius 2 is 1.65 bits per heavy atom. The van der Waals surface area contributed by atoms with E-state index < -0.39 is 0 Å². The lowest BCUT2D eigenvalue weighted by Crippen LogP contribution is -2.37. The number of hydrogen-bond donors (Lipinski definition) is 2. The van der Waals surface area contributed by atoms with E-state index in [-0.39, 0.29) is 0 Å². The normalized spacial score (nSPS) is 13.9. The highest BCUT2D eigenvalue weighted by Gasteiger charge is 2.17. The molecule has 3 heterocycles. The second kappa shape index (κ2) is 10.3. The minimum Gasteiger partial charge on any atom is -0.455 e. The molecule has 0 spiro atoms. The zero-order valence-corrected chi connectivity index (χ0v) is 18.9. The van der Waals surface area contributed by atoms with E-state index in [2.05, 4.69) is 35.7 Å². The predicted molar refractivity (Wildman–Crippen MR) is 133 cm³/mol. The van der Waals surface area contributed by atoms with Gasteiger partial charge in [-0.1, -0.05) is 41.9 Å². The first-order valence-electron chi connectivity index (χ1n) is 10.8. The summed E-state index contributed by atoms with van der Waals surface area (Å²) < 4.78 is 11.3. The summed E-state index contributed by atoms with van der Waals surface area (Å²) in [4.78, 5) is 15.6. The summed E-state index contributed by atoms with van der Waals surface area (Å²) in [6, 6.07) is 20.9. The highest BCUT2D eigenvalue weighted by atomic mass is 35.5. The van der Waals surface area contributed by atoms with Crippen molar-refractivity contribution in [1.82, 2.24) is 15.0 Å². The van der Waals surface area contributed by atoms with Crippen LogP contribution in [0.3, 0.4) is 0 Å². The van der Waals surface area contributed by atoms with Crippen molar-refractivity contribution in [3.8, 4) is 11.3 Å². The zero-order chi connectivity index (χ0) is 23.2. The first-order chi connectivity index (χ1) is 16.7. The number of hydrazone groups is 1. The van der Waals surface area contributed by atoms with Gasteiger partial charge in [-0.3, -0.25) is 0 Å². The first kappa shape index (κ1) is 21.9. The Balaban J connectivity index is 1.34. The molecular weight excluding hydrogens is 454 g/mol. The highest BCUT2D eigenvalue weighted by Crippen LogP contribution is 2.28. The molecule has 2 aromatic heterocycles. The zero-order valence-electron chi connectivity index (χ0n) is 18.2. The number of morpholine rings is 1. The highest BCUT2D eigenvalue weighted by molar-refractivity contribution is 6.33. The molecule has 172 valence electrons. The van der Waals surface area contributed by atoms with Gasteiger partial charge in [0.1, 0.15) is 11.5 Å². The second-order valence-corrected chi connectivity index (χ2v) is 7.83. The van der Waals surface area contributed by atoms with Gasteiger partial charge in [0.15, 0.2) is 0 Å². The molecule has 5 rings (SSSR count). The number of nitrogens with one attached hydrogen (secondary N) is 2. The Labute approximate surface area is 201 Å². The van der Waals surface area contributed by atoms with Crippen LogP contribution in [0.4, 0.5) is 23.5 Å². The largest absolute Gasteiger partial charge is 0.455 e. The third kappa shape index (κ3) is 5.33. The van der Waals surface area contributed by atoms with Crippen LogP contribution in [-0.2, 0) is 4.74 Å². The number of aromatic nitrogens is 3. The second-order valence-electron chi connectivity index (χ2n) is 7.42. The van der Waals surface area contributed by atoms with Crippen molar-refractivity contribution in [3.63, 3.8) is 0 Å². The van der Waals surface area contributed by atoms with Crippen LogP contribution in [0.2, 0.25) is 5.02 Å². The van der Waals surface area contributed by atoms with Crippen molar-refractivity contribution < 1.29 is 9.15 Å². The van der Waals surface area contributed by atoms with Crippen molar-refractivity contribution in [1.29, 1.82) is 0 Å². The number of nitrogens with zero attached hydrogens (tertiary/aromatic N) is 5. The van der Waals surface area contributed by atoms with Crippen molar-refractivity contribution in [2.75, 3.05) is 41.9 Å². The van der Waals surface area contributed by atoms with E-state index in [4.69, 9.17) is 20.8 Å². The molecule has 1 aliphatic heterocycles. The van der Waals surface area contributed by atoms with Gasteiger partial charge in [-0.15, -0.1) is 0 Å². The molecule has 0 atom stereocenters. The van der Waals surface area contributed by atoms with Gasteiger partial charge in [0, 0.05) is 24.3 Å². The van der Waals surface area contributed by atoms with Crippen LogP contribution in [-0.4, -0.2) is 47.5 Å². The van der Waals surface area contributed by atoms with E-state index in [1.165, 1.54) is 0 Å². The minimum absolute atomic E-state index is 0.309. The van der Waals surface area contributed by atoms with Gasteiger partial charge in [0.2, 0.25) is 17.8 Å². The molecule has 0 saturated carbocycles. The Morgan fingerprint density at radius 1 is 0.882 bits per heavy atom. The lowest BCUT2D eigenvalue weighted by atomic mass is 10.2. The van der Waals surface area contributed by atoms with Crippen molar-refractivity contribution in [2.24, 2.45) is 5.10 Å². The monoisotopic (exact) mass is 475 g/mol. The standard InChI is InChI=1S/C24H22ClN7O2/c25-20-9-5-4-8-19(20)21-11-10-18(34-21)16-26-31-23-28-22(27-17-6-2-1-3-7-17)29-24(30-23)32-12-14-33-15-13-32/h1-11,16H,12-15H2,(H2,27,28,29,30,31). The maximum atomic E-state index is 6.26. The summed E-state index contributed by atoms with van der Waals surface area (Å²) in [5, 5.41) is 8.09. The molecule has 0 aliphatic carbocycles. The van der Waals surface area contributed by atoms with E-state index in [1.54, 1.807) is 6.21 Å². The van der Waals surface area contributed by atoms with Crippen LogP contribution in [0.25, 0.3) is 11.3 Å². The molecule has 9 nitrogen and oxygen atoms in total. The Bertz CT molecular complexity index is 1270. The molecule has 10 heteroatoms. The fourth-order valence-electron chi connectivity index (χ4n) is 3.41. The number of ether oxygens (including phenoxy) is 1. The van der Waals surface area contributed by atoms with Crippen LogP contribution in [0.5, 0.6) is 0 Å². The summed E-state index contributed by atoms with van der Waals surface area (Å²) >= 11 is 6.26. The van der Waals surface area contributed by atoms with E-state index in [0.717, 1.165) is 11.3 Å². The fraction of sp³-hybridized carbons (Fsp3) is 0.167. The lowest BCUT2D eigenvalue weighted by molar-refractivity contribution is 0.122. The summed E-state index contributed by atoms with van der Waals surface area (Å²) in [6.07, 6.45) is 1.56. The molecule has 0 amide bonds. The third-order valence-corrected chi connectivity index (χ3v) is 5.40. The van der Waals surface area contributed by atoms with Gasteiger partial charge in [-0.2, -0.15) is 20.1 Å². The fourth-order valence-corrected chi connectivity index (χ4v) is 3.64. The maximum Gasteiger partial charge on any atom is 0.250 e.